The fourth-order valence-electron chi connectivity index (χ4n) is 1.22. The Bertz CT molecular complexity index is 108. The molecule has 0 aromatic rings. The molecule has 1 saturated heterocycles. The van der Waals surface area contributed by atoms with E-state index in [1.54, 1.807) is 0 Å². The number of thioether (sulfide) groups is 2. The number of hydrogen-bond acceptors (Lipinski definition) is 3. The van der Waals surface area contributed by atoms with Gasteiger partial charge in [-0.3, -0.25) is 0 Å². The highest BCUT2D eigenvalue weighted by atomic mass is 32.2. The molecule has 1 N–H and O–H groups in total. The molecule has 0 radical (unpaired) electrons. The third-order valence-corrected chi connectivity index (χ3v) is 4.01. The molecule has 0 bridgehead atoms. The Hall–Kier alpha value is 0.660. The van der Waals surface area contributed by atoms with Crippen molar-refractivity contribution in [2.75, 3.05) is 17.8 Å². The predicted octanol–water partition coefficient (Wildman–Crippen LogP) is 2.18. The molecule has 0 aliphatic carbocycles. The first-order valence-corrected chi connectivity index (χ1v) is 6.67. The first kappa shape index (κ1) is 9.75. The maximum absolute atomic E-state index is 3.63. The molecule has 2 unspecified atom stereocenters. The molecule has 3 heteroatoms. The largest absolute Gasteiger partial charge is 0.302 e. The minimum Gasteiger partial charge on any atom is -0.302 e. The van der Waals surface area contributed by atoms with Gasteiger partial charge in [0.05, 0.1) is 5.37 Å². The third-order valence-electron chi connectivity index (χ3n) is 2.00. The molecule has 2 atom stereocenters. The highest BCUT2D eigenvalue weighted by Gasteiger charge is 2.21. The summed E-state index contributed by atoms with van der Waals surface area (Å²) in [4.78, 5) is 0. The summed E-state index contributed by atoms with van der Waals surface area (Å²) >= 11 is 4.03. The van der Waals surface area contributed by atoms with Gasteiger partial charge in [-0.05, 0) is 24.9 Å². The van der Waals surface area contributed by atoms with Gasteiger partial charge in [-0.15, -0.1) is 11.8 Å². The first-order chi connectivity index (χ1) is 5.36. The van der Waals surface area contributed by atoms with Crippen LogP contribution in [-0.4, -0.2) is 29.2 Å². The summed E-state index contributed by atoms with van der Waals surface area (Å²) in [5.74, 6) is 2.61. The van der Waals surface area contributed by atoms with Gasteiger partial charge in [-0.25, -0.2) is 0 Å². The second-order valence-electron chi connectivity index (χ2n) is 2.88. The zero-order valence-corrected chi connectivity index (χ0v) is 8.93. The van der Waals surface area contributed by atoms with Crippen molar-refractivity contribution >= 4 is 23.5 Å². The molecular formula is C8H17NS2. The third kappa shape index (κ3) is 3.26. The fourth-order valence-corrected chi connectivity index (χ4v) is 3.21. The van der Waals surface area contributed by atoms with Crippen LogP contribution in [0.1, 0.15) is 19.8 Å². The van der Waals surface area contributed by atoms with Gasteiger partial charge in [-0.1, -0.05) is 6.92 Å². The predicted molar refractivity (Wildman–Crippen MR) is 56.5 cm³/mol. The molecule has 1 aliphatic rings. The lowest BCUT2D eigenvalue weighted by molar-refractivity contribution is 0.545. The minimum atomic E-state index is 0.743. The van der Waals surface area contributed by atoms with Gasteiger partial charge in [0.15, 0.2) is 0 Å². The lowest BCUT2D eigenvalue weighted by atomic mass is 10.2. The van der Waals surface area contributed by atoms with E-state index in [2.05, 4.69) is 30.3 Å². The summed E-state index contributed by atoms with van der Waals surface area (Å²) in [6, 6.07) is 0.784. The summed E-state index contributed by atoms with van der Waals surface area (Å²) in [7, 11) is 0. The summed E-state index contributed by atoms with van der Waals surface area (Å²) in [6.07, 6.45) is 4.78. The zero-order valence-electron chi connectivity index (χ0n) is 7.30. The van der Waals surface area contributed by atoms with Crippen LogP contribution in [0.4, 0.5) is 0 Å². The second-order valence-corrected chi connectivity index (χ2v) is 5.10. The van der Waals surface area contributed by atoms with Crippen LogP contribution in [0, 0.1) is 0 Å². The van der Waals surface area contributed by atoms with E-state index in [0.29, 0.717) is 0 Å². The monoisotopic (exact) mass is 191 g/mol. The van der Waals surface area contributed by atoms with Gasteiger partial charge in [0, 0.05) is 11.8 Å². The standard InChI is InChI=1S/C8H17NS2/c1-3-7-6-11-8(9-7)4-5-10-2/h7-9H,3-6H2,1-2H3. The summed E-state index contributed by atoms with van der Waals surface area (Å²) in [5.41, 5.74) is 0. The molecule has 0 amide bonds. The van der Waals surface area contributed by atoms with Crippen LogP contribution in [0.3, 0.4) is 0 Å². The van der Waals surface area contributed by atoms with E-state index in [9.17, 15) is 0 Å². The van der Waals surface area contributed by atoms with Gasteiger partial charge in [0.25, 0.3) is 0 Å². The Labute approximate surface area is 78.1 Å². The molecule has 11 heavy (non-hydrogen) atoms. The molecule has 1 heterocycles. The molecule has 1 rings (SSSR count). The second kappa shape index (κ2) is 5.33. The van der Waals surface area contributed by atoms with Crippen molar-refractivity contribution in [2.24, 2.45) is 0 Å². The lowest BCUT2D eigenvalue weighted by Crippen LogP contribution is -2.29. The average molecular weight is 191 g/mol. The fraction of sp³-hybridized carbons (Fsp3) is 1.00. The van der Waals surface area contributed by atoms with Crippen molar-refractivity contribution in [1.29, 1.82) is 0 Å². The van der Waals surface area contributed by atoms with E-state index in [1.165, 1.54) is 24.3 Å². The van der Waals surface area contributed by atoms with Gasteiger partial charge >= 0.3 is 0 Å². The smallest absolute Gasteiger partial charge is 0.0543 e. The van der Waals surface area contributed by atoms with Gasteiger partial charge in [0.1, 0.15) is 0 Å². The van der Waals surface area contributed by atoms with E-state index in [-0.39, 0.29) is 0 Å². The number of rotatable bonds is 4. The zero-order chi connectivity index (χ0) is 8.10. The van der Waals surface area contributed by atoms with E-state index < -0.39 is 0 Å². The normalized spacial score (nSPS) is 31.1. The average Bonchev–Trinajstić information content (AvgIpc) is 2.48. The topological polar surface area (TPSA) is 12.0 Å². The lowest BCUT2D eigenvalue weighted by Gasteiger charge is -2.10. The quantitative estimate of drug-likeness (QED) is 0.731. The van der Waals surface area contributed by atoms with Crippen molar-refractivity contribution in [3.63, 3.8) is 0 Å². The number of hydrogen-bond donors (Lipinski definition) is 1. The van der Waals surface area contributed by atoms with E-state index >= 15 is 0 Å². The maximum atomic E-state index is 3.63. The summed E-state index contributed by atoms with van der Waals surface area (Å²) < 4.78 is 0. The Morgan fingerprint density at radius 1 is 1.64 bits per heavy atom. The van der Waals surface area contributed by atoms with Gasteiger partial charge < -0.3 is 5.32 Å². The van der Waals surface area contributed by atoms with Gasteiger partial charge in [0.2, 0.25) is 0 Å². The molecule has 0 aromatic carbocycles. The SMILES string of the molecule is CCC1CSC(CCSC)N1. The molecule has 0 saturated carbocycles. The Kier molecular flexibility index (Phi) is 4.72. The van der Waals surface area contributed by atoms with E-state index in [0.717, 1.165) is 11.4 Å². The molecule has 0 spiro atoms. The van der Waals surface area contributed by atoms with Gasteiger partial charge in [-0.2, -0.15) is 11.8 Å². The van der Waals surface area contributed by atoms with Crippen molar-refractivity contribution in [3.8, 4) is 0 Å². The van der Waals surface area contributed by atoms with Crippen LogP contribution in [-0.2, 0) is 0 Å². The number of nitrogens with one attached hydrogen (secondary N) is 1. The van der Waals surface area contributed by atoms with Crippen LogP contribution < -0.4 is 5.32 Å². The van der Waals surface area contributed by atoms with E-state index in [4.69, 9.17) is 0 Å². The van der Waals surface area contributed by atoms with Crippen molar-refractivity contribution in [2.45, 2.75) is 31.2 Å². The van der Waals surface area contributed by atoms with Crippen molar-refractivity contribution in [1.82, 2.24) is 5.32 Å². The van der Waals surface area contributed by atoms with Crippen molar-refractivity contribution in [3.05, 3.63) is 0 Å². The van der Waals surface area contributed by atoms with Crippen LogP contribution in [0.25, 0.3) is 0 Å². The molecule has 66 valence electrons. The maximum Gasteiger partial charge on any atom is 0.0543 e. The van der Waals surface area contributed by atoms with Crippen LogP contribution in [0.5, 0.6) is 0 Å². The Balaban J connectivity index is 2.09. The molecule has 1 nitrogen and oxygen atoms in total. The van der Waals surface area contributed by atoms with Crippen LogP contribution >= 0.6 is 23.5 Å². The summed E-state index contributed by atoms with van der Waals surface area (Å²) in [6.45, 7) is 2.26. The van der Waals surface area contributed by atoms with Crippen molar-refractivity contribution < 1.29 is 0 Å². The summed E-state index contributed by atoms with van der Waals surface area (Å²) in [5, 5.41) is 4.37. The van der Waals surface area contributed by atoms with Crippen LogP contribution in [0.15, 0.2) is 0 Å². The highest BCUT2D eigenvalue weighted by molar-refractivity contribution is 8.00. The van der Waals surface area contributed by atoms with E-state index in [1.807, 2.05) is 11.8 Å². The minimum absolute atomic E-state index is 0.743. The molecule has 0 aromatic heterocycles. The first-order valence-electron chi connectivity index (χ1n) is 4.23. The Morgan fingerprint density at radius 3 is 3.00 bits per heavy atom. The Morgan fingerprint density at radius 2 is 2.45 bits per heavy atom. The molecular weight excluding hydrogens is 174 g/mol. The molecule has 1 fully saturated rings. The van der Waals surface area contributed by atoms with Crippen LogP contribution in [0.2, 0.25) is 0 Å². The highest BCUT2D eigenvalue weighted by Crippen LogP contribution is 2.23. The molecule has 1 aliphatic heterocycles.